The summed E-state index contributed by atoms with van der Waals surface area (Å²) in [5.74, 6) is -0.848. The third kappa shape index (κ3) is 2.89. The molecule has 0 radical (unpaired) electrons. The van der Waals surface area contributed by atoms with Gasteiger partial charge in [0.1, 0.15) is 11.4 Å². The molecule has 2 aromatic rings. The average Bonchev–Trinajstić information content (AvgIpc) is 3.05. The maximum atomic E-state index is 12.3. The number of aromatic nitrogens is 2. The fourth-order valence-corrected chi connectivity index (χ4v) is 3.52. The highest BCUT2D eigenvalue weighted by Gasteiger charge is 2.26. The van der Waals surface area contributed by atoms with Crippen molar-refractivity contribution in [1.82, 2.24) is 20.4 Å². The van der Waals surface area contributed by atoms with Crippen LogP contribution in [0.3, 0.4) is 0 Å². The Labute approximate surface area is 146 Å². The number of halogens is 1. The fourth-order valence-electron chi connectivity index (χ4n) is 2.99. The number of fused-ring (bicyclic) bond motifs is 1. The van der Waals surface area contributed by atoms with Gasteiger partial charge < -0.3 is 9.55 Å². The van der Waals surface area contributed by atoms with Crippen LogP contribution in [0, 0.1) is 6.92 Å². The summed E-state index contributed by atoms with van der Waals surface area (Å²) in [4.78, 5) is 39.5. The zero-order valence-corrected chi connectivity index (χ0v) is 14.9. The summed E-state index contributed by atoms with van der Waals surface area (Å²) in [5.41, 5.74) is 7.53. The van der Waals surface area contributed by atoms with E-state index < -0.39 is 11.8 Å². The zero-order valence-electron chi connectivity index (χ0n) is 13.3. The molecule has 0 bridgehead atoms. The standard InChI is InChI=1S/C16H17BrN4O3/c1-8-13-10(4-3-5-12(13)22)18-14(8)16(24)20-19-15(23)11-6-9(17)7-21(11)2/h6-7,18H,3-5H2,1-2H3,(H,19,23)(H,20,24). The quantitative estimate of drug-likeness (QED) is 0.682. The number of carbonyl (C=O) groups excluding carboxylic acids is 3. The number of hydrogen-bond donors (Lipinski definition) is 3. The van der Waals surface area contributed by atoms with E-state index in [0.717, 1.165) is 23.0 Å². The Bertz CT molecular complexity index is 850. The molecule has 0 saturated heterocycles. The number of Topliss-reactive ketones (excluding diaryl/α,β-unsaturated/α-hetero) is 1. The second-order valence-corrected chi connectivity index (χ2v) is 6.73. The molecular weight excluding hydrogens is 376 g/mol. The van der Waals surface area contributed by atoms with E-state index in [1.807, 2.05) is 0 Å². The zero-order chi connectivity index (χ0) is 17.4. The van der Waals surface area contributed by atoms with Gasteiger partial charge >= 0.3 is 0 Å². The van der Waals surface area contributed by atoms with Gasteiger partial charge in [-0.1, -0.05) is 0 Å². The van der Waals surface area contributed by atoms with Crippen LogP contribution in [-0.2, 0) is 13.5 Å². The number of rotatable bonds is 2. The SMILES string of the molecule is Cc1c(C(=O)NNC(=O)c2cc(Br)cn2C)[nH]c2c1C(=O)CCC2. The van der Waals surface area contributed by atoms with Crippen molar-refractivity contribution in [3.63, 3.8) is 0 Å². The first-order valence-electron chi connectivity index (χ1n) is 7.55. The van der Waals surface area contributed by atoms with E-state index in [1.165, 1.54) is 0 Å². The summed E-state index contributed by atoms with van der Waals surface area (Å²) in [6, 6.07) is 1.65. The highest BCUT2D eigenvalue weighted by Crippen LogP contribution is 2.26. The first kappa shape index (κ1) is 16.5. The number of ketones is 1. The van der Waals surface area contributed by atoms with Gasteiger partial charge in [0, 0.05) is 35.4 Å². The number of nitrogens with one attached hydrogen (secondary N) is 3. The molecule has 0 aliphatic heterocycles. The lowest BCUT2D eigenvalue weighted by atomic mass is 9.94. The van der Waals surface area contributed by atoms with Crippen molar-refractivity contribution >= 4 is 33.5 Å². The summed E-state index contributed by atoms with van der Waals surface area (Å²) in [6.07, 6.45) is 3.78. The number of carbonyl (C=O) groups is 3. The molecule has 0 fully saturated rings. The molecule has 3 N–H and O–H groups in total. The van der Waals surface area contributed by atoms with E-state index in [-0.39, 0.29) is 5.78 Å². The lowest BCUT2D eigenvalue weighted by molar-refractivity contribution is 0.0839. The van der Waals surface area contributed by atoms with E-state index in [4.69, 9.17) is 0 Å². The molecule has 126 valence electrons. The molecule has 2 amide bonds. The van der Waals surface area contributed by atoms with Crippen LogP contribution in [0.25, 0.3) is 0 Å². The van der Waals surface area contributed by atoms with Gasteiger partial charge in [0.15, 0.2) is 5.78 Å². The largest absolute Gasteiger partial charge is 0.354 e. The maximum absolute atomic E-state index is 12.3. The van der Waals surface area contributed by atoms with Crippen LogP contribution in [0.2, 0.25) is 0 Å². The van der Waals surface area contributed by atoms with Crippen LogP contribution in [0.5, 0.6) is 0 Å². The number of nitrogens with zero attached hydrogens (tertiary/aromatic N) is 1. The number of H-pyrrole nitrogens is 1. The molecule has 0 saturated carbocycles. The van der Waals surface area contributed by atoms with Crippen molar-refractivity contribution in [3.05, 3.63) is 44.9 Å². The molecule has 1 aliphatic carbocycles. The lowest BCUT2D eigenvalue weighted by Gasteiger charge is -2.09. The molecule has 0 aromatic carbocycles. The van der Waals surface area contributed by atoms with Crippen molar-refractivity contribution in [2.45, 2.75) is 26.2 Å². The molecule has 1 aliphatic rings. The van der Waals surface area contributed by atoms with Gasteiger partial charge in [0.2, 0.25) is 0 Å². The van der Waals surface area contributed by atoms with Crippen molar-refractivity contribution in [1.29, 1.82) is 0 Å². The normalized spacial score (nSPS) is 13.5. The first-order valence-corrected chi connectivity index (χ1v) is 8.35. The number of aryl methyl sites for hydroxylation is 2. The number of aromatic amines is 1. The lowest BCUT2D eigenvalue weighted by Crippen LogP contribution is -2.42. The van der Waals surface area contributed by atoms with Gasteiger partial charge in [0.25, 0.3) is 11.8 Å². The number of amides is 2. The van der Waals surface area contributed by atoms with Gasteiger partial charge in [-0.25, -0.2) is 0 Å². The monoisotopic (exact) mass is 392 g/mol. The Morgan fingerprint density at radius 1 is 1.25 bits per heavy atom. The Balaban J connectivity index is 1.73. The second-order valence-electron chi connectivity index (χ2n) is 5.82. The van der Waals surface area contributed by atoms with Crippen molar-refractivity contribution < 1.29 is 14.4 Å². The van der Waals surface area contributed by atoms with Crippen molar-refractivity contribution in [2.75, 3.05) is 0 Å². The van der Waals surface area contributed by atoms with Gasteiger partial charge in [-0.3, -0.25) is 25.2 Å². The second kappa shape index (κ2) is 6.27. The first-order chi connectivity index (χ1) is 11.4. The van der Waals surface area contributed by atoms with Crippen LogP contribution < -0.4 is 10.9 Å². The number of hydrazine groups is 1. The minimum Gasteiger partial charge on any atom is -0.354 e. The molecule has 0 unspecified atom stereocenters. The van der Waals surface area contributed by atoms with Crippen molar-refractivity contribution in [2.24, 2.45) is 7.05 Å². The van der Waals surface area contributed by atoms with E-state index >= 15 is 0 Å². The average molecular weight is 393 g/mol. The molecule has 7 nitrogen and oxygen atoms in total. The summed E-state index contributed by atoms with van der Waals surface area (Å²) in [7, 11) is 1.73. The maximum Gasteiger partial charge on any atom is 0.286 e. The topological polar surface area (TPSA) is 96.0 Å². The van der Waals surface area contributed by atoms with E-state index in [9.17, 15) is 14.4 Å². The third-order valence-electron chi connectivity index (χ3n) is 4.16. The molecule has 2 heterocycles. The molecular formula is C16H17BrN4O3. The Morgan fingerprint density at radius 2 is 1.96 bits per heavy atom. The Hall–Kier alpha value is -2.35. The predicted molar refractivity (Wildman–Crippen MR) is 90.8 cm³/mol. The van der Waals surface area contributed by atoms with Gasteiger partial charge in [-0.05, 0) is 47.3 Å². The summed E-state index contributed by atoms with van der Waals surface area (Å²) < 4.78 is 2.41. The third-order valence-corrected chi connectivity index (χ3v) is 4.59. The fraction of sp³-hybridized carbons (Fsp3) is 0.312. The predicted octanol–water partition coefficient (Wildman–Crippen LogP) is 2.02. The molecule has 3 rings (SSSR count). The molecule has 24 heavy (non-hydrogen) atoms. The molecule has 2 aromatic heterocycles. The molecule has 0 spiro atoms. The molecule has 0 atom stereocenters. The highest BCUT2D eigenvalue weighted by molar-refractivity contribution is 9.10. The minimum atomic E-state index is -0.476. The van der Waals surface area contributed by atoms with Crippen LogP contribution in [0.15, 0.2) is 16.7 Å². The summed E-state index contributed by atoms with van der Waals surface area (Å²) in [6.45, 7) is 1.74. The van der Waals surface area contributed by atoms with Crippen LogP contribution in [0.4, 0.5) is 0 Å². The van der Waals surface area contributed by atoms with Crippen LogP contribution >= 0.6 is 15.9 Å². The smallest absolute Gasteiger partial charge is 0.286 e. The van der Waals surface area contributed by atoms with Gasteiger partial charge in [-0.2, -0.15) is 0 Å². The Kier molecular flexibility index (Phi) is 4.31. The van der Waals surface area contributed by atoms with Gasteiger partial charge in [0.05, 0.1) is 0 Å². The van der Waals surface area contributed by atoms with Crippen LogP contribution in [0.1, 0.15) is 55.4 Å². The highest BCUT2D eigenvalue weighted by atomic mass is 79.9. The van der Waals surface area contributed by atoms with Gasteiger partial charge in [-0.15, -0.1) is 0 Å². The van der Waals surface area contributed by atoms with E-state index in [1.54, 1.807) is 30.8 Å². The van der Waals surface area contributed by atoms with Crippen LogP contribution in [-0.4, -0.2) is 27.1 Å². The summed E-state index contributed by atoms with van der Waals surface area (Å²) in [5, 5.41) is 0. The van der Waals surface area contributed by atoms with Crippen molar-refractivity contribution in [3.8, 4) is 0 Å². The molecule has 8 heteroatoms. The number of hydrogen-bond acceptors (Lipinski definition) is 3. The van der Waals surface area contributed by atoms with E-state index in [2.05, 4.69) is 31.8 Å². The minimum absolute atomic E-state index is 0.0572. The Morgan fingerprint density at radius 3 is 2.58 bits per heavy atom. The van der Waals surface area contributed by atoms with E-state index in [0.29, 0.717) is 28.9 Å². The summed E-state index contributed by atoms with van der Waals surface area (Å²) >= 11 is 3.29.